The fourth-order valence-electron chi connectivity index (χ4n) is 1.56. The van der Waals surface area contributed by atoms with E-state index in [4.69, 9.17) is 5.26 Å². The smallest absolute Gasteiger partial charge is 0.138 e. The van der Waals surface area contributed by atoms with Crippen LogP contribution in [0.25, 0.3) is 5.70 Å². The third-order valence-electron chi connectivity index (χ3n) is 2.36. The van der Waals surface area contributed by atoms with Gasteiger partial charge in [-0.1, -0.05) is 12.1 Å². The molecule has 0 saturated carbocycles. The number of rotatable bonds is 3. The summed E-state index contributed by atoms with van der Waals surface area (Å²) in [5.74, 6) is 0. The number of nitriles is 1. The Kier molecular flexibility index (Phi) is 3.39. The van der Waals surface area contributed by atoms with Crippen molar-refractivity contribution in [1.82, 2.24) is 19.7 Å². The van der Waals surface area contributed by atoms with Gasteiger partial charge in [-0.2, -0.15) is 10.4 Å². The zero-order chi connectivity index (χ0) is 13.0. The molecule has 0 amide bonds. The third kappa shape index (κ3) is 2.55. The predicted octanol–water partition coefficient (Wildman–Crippen LogP) is 1.56. The van der Waals surface area contributed by atoms with Gasteiger partial charge in [0.15, 0.2) is 0 Å². The molecule has 1 aromatic carbocycles. The lowest BCUT2D eigenvalue weighted by molar-refractivity contribution is 0.561. The van der Waals surface area contributed by atoms with Crippen molar-refractivity contribution in [1.29, 1.82) is 5.26 Å². The summed E-state index contributed by atoms with van der Waals surface area (Å²) in [5.41, 5.74) is 2.52. The zero-order valence-electron chi connectivity index (χ0n) is 10.3. The first-order chi connectivity index (χ1) is 8.70. The van der Waals surface area contributed by atoms with Crippen molar-refractivity contribution in [2.45, 2.75) is 0 Å². The molecule has 0 bridgehead atoms. The van der Waals surface area contributed by atoms with Gasteiger partial charge in [-0.05, 0) is 12.1 Å². The third-order valence-corrected chi connectivity index (χ3v) is 2.36. The van der Waals surface area contributed by atoms with Crippen LogP contribution in [0.5, 0.6) is 0 Å². The highest BCUT2D eigenvalue weighted by Crippen LogP contribution is 2.16. The molecule has 90 valence electrons. The van der Waals surface area contributed by atoms with E-state index < -0.39 is 0 Å². The molecule has 1 aromatic heterocycles. The topological polar surface area (TPSA) is 57.7 Å². The normalized spacial score (nSPS) is 11.1. The maximum atomic E-state index is 8.80. The molecule has 0 atom stereocenters. The first-order valence-electron chi connectivity index (χ1n) is 5.44. The minimum atomic E-state index is 0.640. The number of aromatic nitrogens is 3. The van der Waals surface area contributed by atoms with Gasteiger partial charge in [0.25, 0.3) is 0 Å². The van der Waals surface area contributed by atoms with E-state index in [0.29, 0.717) is 5.56 Å². The van der Waals surface area contributed by atoms with Gasteiger partial charge < -0.3 is 4.90 Å². The second-order valence-electron chi connectivity index (χ2n) is 4.01. The monoisotopic (exact) mass is 239 g/mol. The van der Waals surface area contributed by atoms with E-state index in [9.17, 15) is 0 Å². The van der Waals surface area contributed by atoms with Crippen molar-refractivity contribution < 1.29 is 0 Å². The molecule has 0 unspecified atom stereocenters. The largest absolute Gasteiger partial charge is 0.382 e. The molecular formula is C13H13N5. The molecule has 0 spiro atoms. The molecule has 18 heavy (non-hydrogen) atoms. The first kappa shape index (κ1) is 11.9. The van der Waals surface area contributed by atoms with Crippen LogP contribution in [-0.2, 0) is 0 Å². The predicted molar refractivity (Wildman–Crippen MR) is 68.2 cm³/mol. The number of hydrogen-bond donors (Lipinski definition) is 0. The molecule has 2 rings (SSSR count). The summed E-state index contributed by atoms with van der Waals surface area (Å²) in [6.07, 6.45) is 5.09. The Morgan fingerprint density at radius 3 is 2.56 bits per heavy atom. The van der Waals surface area contributed by atoms with Crippen molar-refractivity contribution in [2.75, 3.05) is 14.1 Å². The van der Waals surface area contributed by atoms with Crippen LogP contribution in [0.1, 0.15) is 11.1 Å². The van der Waals surface area contributed by atoms with Gasteiger partial charge in [-0.15, -0.1) is 0 Å². The Bertz CT molecular complexity index is 573. The van der Waals surface area contributed by atoms with Crippen molar-refractivity contribution in [2.24, 2.45) is 0 Å². The summed E-state index contributed by atoms with van der Waals surface area (Å²) in [5, 5.41) is 12.9. The molecular weight excluding hydrogens is 226 g/mol. The molecule has 0 radical (unpaired) electrons. The Morgan fingerprint density at radius 2 is 2.06 bits per heavy atom. The molecule has 5 nitrogen and oxygen atoms in total. The van der Waals surface area contributed by atoms with Crippen molar-refractivity contribution in [3.8, 4) is 6.07 Å². The minimum absolute atomic E-state index is 0.640. The summed E-state index contributed by atoms with van der Waals surface area (Å²) in [4.78, 5) is 5.89. The van der Waals surface area contributed by atoms with Gasteiger partial charge in [0, 0.05) is 25.9 Å². The van der Waals surface area contributed by atoms with E-state index in [1.165, 1.54) is 6.33 Å². The molecule has 5 heteroatoms. The average molecular weight is 239 g/mol. The summed E-state index contributed by atoms with van der Waals surface area (Å²) >= 11 is 0. The van der Waals surface area contributed by atoms with Gasteiger partial charge in [0.1, 0.15) is 12.7 Å². The Labute approximate surface area is 106 Å². The maximum absolute atomic E-state index is 8.80. The summed E-state index contributed by atoms with van der Waals surface area (Å²) < 4.78 is 1.70. The molecule has 0 aliphatic heterocycles. The molecule has 2 aromatic rings. The van der Waals surface area contributed by atoms with Crippen LogP contribution in [0.4, 0.5) is 0 Å². The molecule has 0 saturated heterocycles. The second-order valence-corrected chi connectivity index (χ2v) is 4.01. The van der Waals surface area contributed by atoms with Crippen LogP contribution in [-0.4, -0.2) is 33.8 Å². The molecule has 0 aliphatic carbocycles. The number of benzene rings is 1. The Morgan fingerprint density at radius 1 is 1.33 bits per heavy atom. The van der Waals surface area contributed by atoms with Crippen molar-refractivity contribution in [3.63, 3.8) is 0 Å². The lowest BCUT2D eigenvalue weighted by atomic mass is 10.1. The highest BCUT2D eigenvalue weighted by atomic mass is 15.3. The summed E-state index contributed by atoms with van der Waals surface area (Å²) in [6, 6.07) is 9.48. The summed E-state index contributed by atoms with van der Waals surface area (Å²) in [6.45, 7) is 0. The molecule has 0 fully saturated rings. The van der Waals surface area contributed by atoms with Crippen LogP contribution in [0, 0.1) is 11.3 Å². The Hall–Kier alpha value is -2.61. The zero-order valence-corrected chi connectivity index (χ0v) is 10.3. The van der Waals surface area contributed by atoms with Crippen LogP contribution in [0.3, 0.4) is 0 Å². The van der Waals surface area contributed by atoms with E-state index in [-0.39, 0.29) is 0 Å². The van der Waals surface area contributed by atoms with Gasteiger partial charge in [-0.25, -0.2) is 9.67 Å². The van der Waals surface area contributed by atoms with Gasteiger partial charge in [0.05, 0.1) is 17.3 Å². The molecule has 0 N–H and O–H groups in total. The fourth-order valence-corrected chi connectivity index (χ4v) is 1.56. The van der Waals surface area contributed by atoms with Crippen molar-refractivity contribution in [3.05, 3.63) is 54.2 Å². The van der Waals surface area contributed by atoms with E-state index >= 15 is 0 Å². The lowest BCUT2D eigenvalue weighted by Crippen LogP contribution is -2.08. The van der Waals surface area contributed by atoms with Crippen LogP contribution in [0.2, 0.25) is 0 Å². The van der Waals surface area contributed by atoms with Crippen LogP contribution >= 0.6 is 0 Å². The number of nitrogens with zero attached hydrogens (tertiary/aromatic N) is 5. The first-order valence-corrected chi connectivity index (χ1v) is 5.44. The van der Waals surface area contributed by atoms with Crippen molar-refractivity contribution >= 4 is 5.70 Å². The highest BCUT2D eigenvalue weighted by molar-refractivity contribution is 5.65. The van der Waals surface area contributed by atoms with Gasteiger partial charge >= 0.3 is 0 Å². The standard InChI is InChI=1S/C13H13N5/c1-17(2)8-13(18-10-15-9-16-18)12-5-3-11(7-14)4-6-12/h3-6,8-10H,1-2H3/b13-8-. The fraction of sp³-hybridized carbons (Fsp3) is 0.154. The number of hydrogen-bond acceptors (Lipinski definition) is 4. The van der Waals surface area contributed by atoms with E-state index in [1.807, 2.05) is 37.3 Å². The maximum Gasteiger partial charge on any atom is 0.138 e. The van der Waals surface area contributed by atoms with Crippen LogP contribution < -0.4 is 0 Å². The lowest BCUT2D eigenvalue weighted by Gasteiger charge is -2.12. The summed E-state index contributed by atoms with van der Waals surface area (Å²) in [7, 11) is 3.89. The molecule has 1 heterocycles. The minimum Gasteiger partial charge on any atom is -0.382 e. The van der Waals surface area contributed by atoms with E-state index in [0.717, 1.165) is 11.3 Å². The quantitative estimate of drug-likeness (QED) is 0.815. The average Bonchev–Trinajstić information content (AvgIpc) is 2.89. The van der Waals surface area contributed by atoms with Crippen LogP contribution in [0.15, 0.2) is 43.1 Å². The van der Waals surface area contributed by atoms with E-state index in [2.05, 4.69) is 16.2 Å². The second kappa shape index (κ2) is 5.15. The van der Waals surface area contributed by atoms with Gasteiger partial charge in [0.2, 0.25) is 0 Å². The Balaban J connectivity index is 2.44. The van der Waals surface area contributed by atoms with Gasteiger partial charge in [-0.3, -0.25) is 0 Å². The van der Waals surface area contributed by atoms with E-state index in [1.54, 1.807) is 23.1 Å². The molecule has 0 aliphatic rings. The SMILES string of the molecule is CN(C)/C=C(/c1ccc(C#N)cc1)n1cncn1. The highest BCUT2D eigenvalue weighted by Gasteiger charge is 2.05.